The molecule has 2 aromatic carbocycles. The Morgan fingerprint density at radius 1 is 1.15 bits per heavy atom. The number of carbonyl (C=O) groups is 1. The summed E-state index contributed by atoms with van der Waals surface area (Å²) in [6.07, 6.45) is -1.03. The molecule has 1 aliphatic rings. The normalized spacial score (nSPS) is 14.4. The molecular formula is C24H20F3N5O2. The molecule has 0 atom stereocenters. The number of benzene rings is 2. The minimum atomic E-state index is -4.80. The zero-order valence-electron chi connectivity index (χ0n) is 19.6. The summed E-state index contributed by atoms with van der Waals surface area (Å²) >= 11 is 0. The van der Waals surface area contributed by atoms with Gasteiger partial charge in [-0.1, -0.05) is 6.07 Å². The maximum absolute atomic E-state index is 12.6. The van der Waals surface area contributed by atoms with Crippen LogP contribution >= 0.6 is 0 Å². The molecule has 1 aliphatic heterocycles. The minimum absolute atomic E-state index is 0.278. The van der Waals surface area contributed by atoms with Gasteiger partial charge in [0.05, 0.1) is 2.74 Å². The average molecular weight is 469 g/mol. The lowest BCUT2D eigenvalue weighted by Gasteiger charge is -2.19. The molecule has 3 heterocycles. The Morgan fingerprint density at radius 3 is 2.76 bits per heavy atom. The molecule has 0 aliphatic carbocycles. The van der Waals surface area contributed by atoms with Gasteiger partial charge in [0.15, 0.2) is 0 Å². The number of halogens is 3. The molecule has 2 aromatic heterocycles. The zero-order valence-corrected chi connectivity index (χ0v) is 17.6. The van der Waals surface area contributed by atoms with E-state index < -0.39 is 24.6 Å². The van der Waals surface area contributed by atoms with Gasteiger partial charge in [-0.15, -0.1) is 13.2 Å². The average Bonchev–Trinajstić information content (AvgIpc) is 3.45. The van der Waals surface area contributed by atoms with Crippen molar-refractivity contribution < 1.29 is 25.4 Å². The van der Waals surface area contributed by atoms with Gasteiger partial charge in [-0.3, -0.25) is 0 Å². The van der Waals surface area contributed by atoms with Crippen LogP contribution in [-0.2, 0) is 12.9 Å². The number of anilines is 3. The molecule has 0 unspecified atom stereocenters. The van der Waals surface area contributed by atoms with Crippen LogP contribution in [0.1, 0.15) is 13.9 Å². The van der Waals surface area contributed by atoms with Gasteiger partial charge in [-0.2, -0.15) is 0 Å². The molecule has 4 aromatic rings. The first-order valence-electron chi connectivity index (χ1n) is 11.4. The van der Waals surface area contributed by atoms with Crippen LogP contribution in [0, 0.1) is 0 Å². The highest BCUT2D eigenvalue weighted by Gasteiger charge is 2.31. The van der Waals surface area contributed by atoms with Crippen LogP contribution in [0.25, 0.3) is 11.0 Å². The maximum atomic E-state index is 12.6. The Hall–Kier alpha value is -4.21. The lowest BCUT2D eigenvalue weighted by molar-refractivity contribution is -0.274. The Kier molecular flexibility index (Phi) is 4.89. The molecule has 3 N–H and O–H groups in total. The Bertz CT molecular complexity index is 1420. The summed E-state index contributed by atoms with van der Waals surface area (Å²) in [6, 6.07) is 13.0. The highest BCUT2D eigenvalue weighted by Crippen LogP contribution is 2.35. The van der Waals surface area contributed by atoms with E-state index in [0.29, 0.717) is 40.9 Å². The topological polar surface area (TPSA) is 82.3 Å². The van der Waals surface area contributed by atoms with E-state index in [1.165, 1.54) is 12.1 Å². The summed E-state index contributed by atoms with van der Waals surface area (Å²) in [4.78, 5) is 21.5. The third-order valence-corrected chi connectivity index (χ3v) is 5.33. The third kappa shape index (κ3) is 4.61. The number of urea groups is 1. The first kappa shape index (κ1) is 19.3. The van der Waals surface area contributed by atoms with Crippen LogP contribution in [0.15, 0.2) is 67.0 Å². The quantitative estimate of drug-likeness (QED) is 0.352. The monoisotopic (exact) mass is 469 g/mol. The van der Waals surface area contributed by atoms with E-state index in [9.17, 15) is 18.0 Å². The van der Waals surface area contributed by atoms with E-state index in [2.05, 4.69) is 25.3 Å². The van der Waals surface area contributed by atoms with E-state index in [1.54, 1.807) is 41.6 Å². The highest BCUT2D eigenvalue weighted by atomic mass is 19.4. The molecule has 0 fully saturated rings. The Labute approximate surface area is 195 Å². The SMILES string of the molecule is [2H]C([2H])(c1c[nH]c2ncccc12)N1CCc2c(NC(=O)Nc3ccc(OC(F)(F)F)cc3)cccc21. The van der Waals surface area contributed by atoms with Crippen molar-refractivity contribution in [1.29, 1.82) is 0 Å². The van der Waals surface area contributed by atoms with Crippen molar-refractivity contribution in [3.05, 3.63) is 78.1 Å². The number of hydrogen-bond donors (Lipinski definition) is 3. The summed E-state index contributed by atoms with van der Waals surface area (Å²) < 4.78 is 58.6. The van der Waals surface area contributed by atoms with E-state index in [0.717, 1.165) is 17.7 Å². The van der Waals surface area contributed by atoms with Gasteiger partial charge in [0, 0.05) is 53.4 Å². The third-order valence-electron chi connectivity index (χ3n) is 5.33. The van der Waals surface area contributed by atoms with Gasteiger partial charge < -0.3 is 25.3 Å². The van der Waals surface area contributed by atoms with Crippen LogP contribution in [0.4, 0.5) is 35.0 Å². The van der Waals surface area contributed by atoms with Gasteiger partial charge in [0.25, 0.3) is 0 Å². The van der Waals surface area contributed by atoms with E-state index >= 15 is 0 Å². The van der Waals surface area contributed by atoms with E-state index in [4.69, 9.17) is 2.74 Å². The second-order valence-electron chi connectivity index (χ2n) is 7.57. The summed E-state index contributed by atoms with van der Waals surface area (Å²) in [5.74, 6) is -0.394. The number of rotatable bonds is 5. The second kappa shape index (κ2) is 8.62. The number of carbonyl (C=O) groups excluding carboxylic acids is 1. The first-order valence-corrected chi connectivity index (χ1v) is 10.4. The fourth-order valence-corrected chi connectivity index (χ4v) is 3.89. The van der Waals surface area contributed by atoms with Crippen molar-refractivity contribution in [3.63, 3.8) is 0 Å². The first-order chi connectivity index (χ1) is 17.1. The van der Waals surface area contributed by atoms with Crippen molar-refractivity contribution >= 4 is 34.1 Å². The van der Waals surface area contributed by atoms with E-state index in [-0.39, 0.29) is 5.69 Å². The second-order valence-corrected chi connectivity index (χ2v) is 7.57. The van der Waals surface area contributed by atoms with Crippen LogP contribution in [-0.4, -0.2) is 28.9 Å². The molecule has 34 heavy (non-hydrogen) atoms. The Morgan fingerprint density at radius 2 is 1.97 bits per heavy atom. The largest absolute Gasteiger partial charge is 0.573 e. The lowest BCUT2D eigenvalue weighted by Crippen LogP contribution is -2.20. The number of aromatic amines is 1. The van der Waals surface area contributed by atoms with Gasteiger partial charge in [0.2, 0.25) is 0 Å². The van der Waals surface area contributed by atoms with Crippen LogP contribution in [0.5, 0.6) is 5.75 Å². The molecule has 0 radical (unpaired) electrons. The number of nitrogens with zero attached hydrogens (tertiary/aromatic N) is 2. The number of pyridine rings is 1. The number of hydrogen-bond acceptors (Lipinski definition) is 4. The summed E-state index contributed by atoms with van der Waals surface area (Å²) in [5, 5.41) is 6.01. The van der Waals surface area contributed by atoms with E-state index in [1.807, 2.05) is 6.07 Å². The number of ether oxygens (including phenoxy) is 1. The molecule has 10 heteroatoms. The molecule has 0 saturated heterocycles. The predicted octanol–water partition coefficient (Wildman–Crippen LogP) is 5.67. The van der Waals surface area contributed by atoms with Gasteiger partial charge >= 0.3 is 12.4 Å². The molecular weight excluding hydrogens is 447 g/mol. The molecule has 174 valence electrons. The minimum Gasteiger partial charge on any atom is -0.406 e. The number of amides is 2. The number of nitrogens with one attached hydrogen (secondary N) is 3. The van der Waals surface area contributed by atoms with Gasteiger partial charge in [-0.05, 0) is 60.5 Å². The zero-order chi connectivity index (χ0) is 25.5. The van der Waals surface area contributed by atoms with Crippen molar-refractivity contribution in [2.24, 2.45) is 0 Å². The van der Waals surface area contributed by atoms with Crippen LogP contribution in [0.2, 0.25) is 0 Å². The number of fused-ring (bicyclic) bond motifs is 2. The summed E-state index contributed by atoms with van der Waals surface area (Å²) in [7, 11) is 0. The number of alkyl halides is 3. The number of aromatic nitrogens is 2. The fraction of sp³-hybridized carbons (Fsp3) is 0.167. The van der Waals surface area contributed by atoms with Crippen molar-refractivity contribution in [2.45, 2.75) is 19.3 Å². The van der Waals surface area contributed by atoms with Crippen molar-refractivity contribution in [1.82, 2.24) is 9.97 Å². The van der Waals surface area contributed by atoms with Gasteiger partial charge in [0.1, 0.15) is 11.4 Å². The molecule has 2 amide bonds. The fourth-order valence-electron chi connectivity index (χ4n) is 3.89. The number of H-pyrrole nitrogens is 1. The Balaban J connectivity index is 1.33. The molecule has 0 bridgehead atoms. The maximum Gasteiger partial charge on any atom is 0.573 e. The molecule has 5 rings (SSSR count). The molecule has 0 saturated carbocycles. The molecule has 0 spiro atoms. The standard InChI is InChI=1S/C24H20F3N5O2/c25-24(26,27)34-17-8-6-16(7-9-17)30-23(33)31-20-4-1-5-21-19(20)10-12-32(21)14-15-13-29-22-18(15)3-2-11-28-22/h1-9,11,13H,10,12,14H2,(H,28,29)(H2,30,31,33)/i14D2. The highest BCUT2D eigenvalue weighted by molar-refractivity contribution is 6.01. The smallest absolute Gasteiger partial charge is 0.406 e. The van der Waals surface area contributed by atoms with Crippen LogP contribution in [0.3, 0.4) is 0 Å². The summed E-state index contributed by atoms with van der Waals surface area (Å²) in [5.41, 5.74) is 3.29. The van der Waals surface area contributed by atoms with Crippen LogP contribution < -0.4 is 20.3 Å². The predicted molar refractivity (Wildman–Crippen MR) is 123 cm³/mol. The van der Waals surface area contributed by atoms with Crippen molar-refractivity contribution in [2.75, 3.05) is 22.1 Å². The van der Waals surface area contributed by atoms with Gasteiger partial charge in [-0.25, -0.2) is 9.78 Å². The lowest BCUT2D eigenvalue weighted by atomic mass is 10.1. The molecule has 7 nitrogen and oxygen atoms in total. The van der Waals surface area contributed by atoms with Crippen molar-refractivity contribution in [3.8, 4) is 5.75 Å². The summed E-state index contributed by atoms with van der Waals surface area (Å²) in [6.45, 7) is -1.44.